The number of aromatic nitrogens is 1. The summed E-state index contributed by atoms with van der Waals surface area (Å²) in [6.45, 7) is 1.97. The van der Waals surface area contributed by atoms with Crippen molar-refractivity contribution in [3.8, 4) is 6.07 Å². The number of hydrogen-bond donors (Lipinski definition) is 1. The lowest BCUT2D eigenvalue weighted by Crippen LogP contribution is -2.33. The van der Waals surface area contributed by atoms with E-state index in [2.05, 4.69) is 32.3 Å². The van der Waals surface area contributed by atoms with E-state index in [9.17, 15) is 4.79 Å². The Bertz CT molecular complexity index is 397. The highest BCUT2D eigenvalue weighted by molar-refractivity contribution is 9.10. The average Bonchev–Trinajstić information content (AvgIpc) is 2.29. The zero-order valence-corrected chi connectivity index (χ0v) is 10.5. The molecule has 0 fully saturated rings. The van der Waals surface area contributed by atoms with Crippen LogP contribution in [0.1, 0.15) is 30.1 Å². The molecule has 1 aromatic heterocycles. The van der Waals surface area contributed by atoms with Gasteiger partial charge in [-0.05, 0) is 34.5 Å². The molecule has 0 saturated carbocycles. The van der Waals surface area contributed by atoms with E-state index in [4.69, 9.17) is 5.26 Å². The molecule has 0 aliphatic rings. The summed E-state index contributed by atoms with van der Waals surface area (Å²) in [4.78, 5) is 15.6. The SMILES string of the molecule is CCCC(C#N)NC(=O)c1ccc(Br)nc1. The quantitative estimate of drug-likeness (QED) is 0.861. The van der Waals surface area contributed by atoms with E-state index < -0.39 is 6.04 Å². The predicted molar refractivity (Wildman–Crippen MR) is 63.7 cm³/mol. The van der Waals surface area contributed by atoms with Crippen molar-refractivity contribution < 1.29 is 4.79 Å². The van der Waals surface area contributed by atoms with E-state index in [0.717, 1.165) is 6.42 Å². The van der Waals surface area contributed by atoms with Gasteiger partial charge in [0.05, 0.1) is 11.6 Å². The topological polar surface area (TPSA) is 65.8 Å². The lowest BCUT2D eigenvalue weighted by molar-refractivity contribution is 0.0943. The third-order valence-electron chi connectivity index (χ3n) is 2.03. The second kappa shape index (κ2) is 6.23. The van der Waals surface area contributed by atoms with E-state index in [1.165, 1.54) is 6.20 Å². The summed E-state index contributed by atoms with van der Waals surface area (Å²) < 4.78 is 0.675. The molecule has 1 amide bonds. The first-order valence-electron chi connectivity index (χ1n) is 4.99. The van der Waals surface area contributed by atoms with Gasteiger partial charge in [0.1, 0.15) is 10.6 Å². The minimum Gasteiger partial charge on any atom is -0.336 e. The molecule has 1 N–H and O–H groups in total. The van der Waals surface area contributed by atoms with Gasteiger partial charge in [0, 0.05) is 6.20 Å². The van der Waals surface area contributed by atoms with Gasteiger partial charge in [-0.25, -0.2) is 4.98 Å². The number of nitriles is 1. The third-order valence-corrected chi connectivity index (χ3v) is 2.50. The predicted octanol–water partition coefficient (Wildman–Crippen LogP) is 2.27. The Morgan fingerprint density at radius 2 is 2.44 bits per heavy atom. The van der Waals surface area contributed by atoms with Crippen molar-refractivity contribution in [2.24, 2.45) is 0 Å². The second-order valence-corrected chi connectivity index (χ2v) is 4.13. The number of nitrogens with one attached hydrogen (secondary N) is 1. The van der Waals surface area contributed by atoms with Crippen LogP contribution in [-0.2, 0) is 0 Å². The molecule has 0 bridgehead atoms. The van der Waals surface area contributed by atoms with Crippen LogP contribution in [0, 0.1) is 11.3 Å². The number of carbonyl (C=O) groups is 1. The fraction of sp³-hybridized carbons (Fsp3) is 0.364. The summed E-state index contributed by atoms with van der Waals surface area (Å²) in [5.74, 6) is -0.264. The lowest BCUT2D eigenvalue weighted by atomic mass is 10.1. The van der Waals surface area contributed by atoms with Crippen LogP contribution in [0.4, 0.5) is 0 Å². The molecule has 1 heterocycles. The maximum absolute atomic E-state index is 11.7. The molecule has 0 spiro atoms. The van der Waals surface area contributed by atoms with E-state index >= 15 is 0 Å². The first kappa shape index (κ1) is 12.7. The highest BCUT2D eigenvalue weighted by Gasteiger charge is 2.12. The molecule has 0 aliphatic heterocycles. The summed E-state index contributed by atoms with van der Waals surface area (Å²) in [6.07, 6.45) is 2.99. The summed E-state index contributed by atoms with van der Waals surface area (Å²) in [6, 6.07) is 4.97. The van der Waals surface area contributed by atoms with Crippen LogP contribution in [0.2, 0.25) is 0 Å². The Morgan fingerprint density at radius 3 is 2.94 bits per heavy atom. The Morgan fingerprint density at radius 1 is 1.69 bits per heavy atom. The Balaban J connectivity index is 2.65. The molecule has 0 saturated heterocycles. The molecule has 0 aromatic carbocycles. The van der Waals surface area contributed by atoms with Crippen molar-refractivity contribution in [1.29, 1.82) is 5.26 Å². The monoisotopic (exact) mass is 281 g/mol. The molecule has 16 heavy (non-hydrogen) atoms. The van der Waals surface area contributed by atoms with Gasteiger partial charge in [0.25, 0.3) is 5.91 Å². The second-order valence-electron chi connectivity index (χ2n) is 3.31. The van der Waals surface area contributed by atoms with Gasteiger partial charge in [0.2, 0.25) is 0 Å². The van der Waals surface area contributed by atoms with Crippen LogP contribution in [0.5, 0.6) is 0 Å². The minimum atomic E-state index is -0.429. The number of nitrogens with zero attached hydrogens (tertiary/aromatic N) is 2. The number of halogens is 1. The van der Waals surface area contributed by atoms with Crippen LogP contribution in [0.3, 0.4) is 0 Å². The Kier molecular flexibility index (Phi) is 4.93. The molecule has 1 unspecified atom stereocenters. The standard InChI is InChI=1S/C11H12BrN3O/c1-2-3-9(6-13)15-11(16)8-4-5-10(12)14-7-8/h4-5,7,9H,2-3H2,1H3,(H,15,16). The number of pyridine rings is 1. The van der Waals surface area contributed by atoms with Crippen LogP contribution >= 0.6 is 15.9 Å². The molecule has 1 atom stereocenters. The molecular formula is C11H12BrN3O. The average molecular weight is 282 g/mol. The van der Waals surface area contributed by atoms with E-state index in [1.54, 1.807) is 12.1 Å². The van der Waals surface area contributed by atoms with Crippen molar-refractivity contribution in [3.05, 3.63) is 28.5 Å². The summed E-state index contributed by atoms with van der Waals surface area (Å²) in [5.41, 5.74) is 0.458. The van der Waals surface area contributed by atoms with Crippen molar-refractivity contribution in [2.45, 2.75) is 25.8 Å². The molecule has 5 heteroatoms. The maximum Gasteiger partial charge on any atom is 0.253 e. The minimum absolute atomic E-state index is 0.264. The van der Waals surface area contributed by atoms with Crippen LogP contribution in [0.25, 0.3) is 0 Å². The third kappa shape index (κ3) is 3.63. The van der Waals surface area contributed by atoms with Crippen molar-refractivity contribution >= 4 is 21.8 Å². The van der Waals surface area contributed by atoms with Gasteiger partial charge < -0.3 is 5.32 Å². The van der Waals surface area contributed by atoms with Crippen molar-refractivity contribution in [1.82, 2.24) is 10.3 Å². The molecule has 1 rings (SSSR count). The number of rotatable bonds is 4. The largest absolute Gasteiger partial charge is 0.336 e. The van der Waals surface area contributed by atoms with Gasteiger partial charge in [-0.2, -0.15) is 5.26 Å². The molecule has 0 radical (unpaired) electrons. The highest BCUT2D eigenvalue weighted by Crippen LogP contribution is 2.06. The maximum atomic E-state index is 11.7. The zero-order chi connectivity index (χ0) is 12.0. The first-order chi connectivity index (χ1) is 7.67. The summed E-state index contributed by atoms with van der Waals surface area (Å²) >= 11 is 3.19. The summed E-state index contributed by atoms with van der Waals surface area (Å²) in [5, 5.41) is 11.5. The van der Waals surface area contributed by atoms with Crippen LogP contribution < -0.4 is 5.32 Å². The first-order valence-corrected chi connectivity index (χ1v) is 5.78. The van der Waals surface area contributed by atoms with E-state index in [1.807, 2.05) is 6.92 Å². The van der Waals surface area contributed by atoms with Gasteiger partial charge in [-0.1, -0.05) is 13.3 Å². The molecular weight excluding hydrogens is 270 g/mol. The van der Waals surface area contributed by atoms with Gasteiger partial charge in [-0.3, -0.25) is 4.79 Å². The number of carbonyl (C=O) groups excluding carboxylic acids is 1. The lowest BCUT2D eigenvalue weighted by Gasteiger charge is -2.09. The Labute approximate surface area is 103 Å². The van der Waals surface area contributed by atoms with Gasteiger partial charge in [-0.15, -0.1) is 0 Å². The van der Waals surface area contributed by atoms with Crippen LogP contribution in [-0.4, -0.2) is 16.9 Å². The van der Waals surface area contributed by atoms with E-state index in [-0.39, 0.29) is 5.91 Å². The zero-order valence-electron chi connectivity index (χ0n) is 8.90. The fourth-order valence-corrected chi connectivity index (χ4v) is 1.44. The normalized spacial score (nSPS) is 11.6. The van der Waals surface area contributed by atoms with Crippen molar-refractivity contribution in [3.63, 3.8) is 0 Å². The van der Waals surface area contributed by atoms with E-state index in [0.29, 0.717) is 16.6 Å². The molecule has 84 valence electrons. The molecule has 1 aromatic rings. The summed E-state index contributed by atoms with van der Waals surface area (Å²) in [7, 11) is 0. The number of amides is 1. The van der Waals surface area contributed by atoms with Crippen LogP contribution in [0.15, 0.2) is 22.9 Å². The molecule has 0 aliphatic carbocycles. The molecule has 4 nitrogen and oxygen atoms in total. The highest BCUT2D eigenvalue weighted by atomic mass is 79.9. The van der Waals surface area contributed by atoms with Gasteiger partial charge in [0.15, 0.2) is 0 Å². The number of hydrogen-bond acceptors (Lipinski definition) is 3. The van der Waals surface area contributed by atoms with Gasteiger partial charge >= 0.3 is 0 Å². The van der Waals surface area contributed by atoms with Crippen molar-refractivity contribution in [2.75, 3.05) is 0 Å². The fourth-order valence-electron chi connectivity index (χ4n) is 1.21. The smallest absolute Gasteiger partial charge is 0.253 e. The Hall–Kier alpha value is -1.41.